The van der Waals surface area contributed by atoms with Crippen LogP contribution in [-0.4, -0.2) is 21.1 Å². The zero-order valence-electron chi connectivity index (χ0n) is 11.6. The smallest absolute Gasteiger partial charge is 0.224 e. The summed E-state index contributed by atoms with van der Waals surface area (Å²) in [5, 5.41) is 9.31. The highest BCUT2D eigenvalue weighted by Gasteiger charge is 2.05. The number of aromatic nitrogens is 3. The number of carbonyl (C=O) groups is 1. The molecule has 2 N–H and O–H groups in total. The molecule has 1 amide bonds. The molecule has 6 nitrogen and oxygen atoms in total. The number of carbonyl (C=O) groups excluding carboxylic acids is 1. The molecule has 1 heterocycles. The molecule has 0 saturated heterocycles. The molecule has 0 fully saturated rings. The lowest BCUT2D eigenvalue weighted by molar-refractivity contribution is -0.116. The number of hydrogen-bond donors (Lipinski definition) is 2. The normalized spacial score (nSPS) is 10.6. The largest absolute Gasteiger partial charge is 0.486 e. The Morgan fingerprint density at radius 1 is 1.35 bits per heavy atom. The lowest BCUT2D eigenvalue weighted by Gasteiger charge is -2.08. The summed E-state index contributed by atoms with van der Waals surface area (Å²) in [6.07, 6.45) is 1.95. The maximum Gasteiger partial charge on any atom is 0.224 e. The number of H-pyrrole nitrogens is 1. The number of amides is 1. The highest BCUT2D eigenvalue weighted by molar-refractivity contribution is 5.90. The van der Waals surface area contributed by atoms with Gasteiger partial charge in [0.25, 0.3) is 0 Å². The average Bonchev–Trinajstić information content (AvgIpc) is 2.90. The van der Waals surface area contributed by atoms with Crippen LogP contribution in [0.2, 0.25) is 0 Å². The Hall–Kier alpha value is -2.37. The maximum atomic E-state index is 11.6. The second-order valence-electron chi connectivity index (χ2n) is 4.89. The second kappa shape index (κ2) is 6.70. The van der Waals surface area contributed by atoms with Crippen LogP contribution >= 0.6 is 0 Å². The number of rotatable bonds is 6. The third kappa shape index (κ3) is 4.38. The van der Waals surface area contributed by atoms with E-state index in [4.69, 9.17) is 4.74 Å². The molecule has 6 heteroatoms. The van der Waals surface area contributed by atoms with Gasteiger partial charge in [-0.25, -0.2) is 4.98 Å². The summed E-state index contributed by atoms with van der Waals surface area (Å²) < 4.78 is 5.53. The first-order valence-electron chi connectivity index (χ1n) is 6.50. The van der Waals surface area contributed by atoms with E-state index in [9.17, 15) is 4.79 Å². The van der Waals surface area contributed by atoms with Crippen LogP contribution in [0.4, 0.5) is 5.69 Å². The van der Waals surface area contributed by atoms with E-state index in [0.717, 1.165) is 5.69 Å². The van der Waals surface area contributed by atoms with Crippen LogP contribution in [0.25, 0.3) is 0 Å². The van der Waals surface area contributed by atoms with E-state index >= 15 is 0 Å². The molecule has 1 aromatic carbocycles. The maximum absolute atomic E-state index is 11.6. The molecule has 2 aromatic rings. The van der Waals surface area contributed by atoms with Crippen LogP contribution in [0.1, 0.15) is 26.1 Å². The van der Waals surface area contributed by atoms with Crippen molar-refractivity contribution in [1.82, 2.24) is 15.2 Å². The Morgan fingerprint density at radius 3 is 2.70 bits per heavy atom. The van der Waals surface area contributed by atoms with Gasteiger partial charge in [0, 0.05) is 12.1 Å². The molecule has 0 saturated carbocycles. The van der Waals surface area contributed by atoms with Crippen LogP contribution in [-0.2, 0) is 11.4 Å². The highest BCUT2D eigenvalue weighted by atomic mass is 16.5. The van der Waals surface area contributed by atoms with Gasteiger partial charge < -0.3 is 10.1 Å². The molecule has 0 spiro atoms. The van der Waals surface area contributed by atoms with Crippen LogP contribution in [0.3, 0.4) is 0 Å². The standard InChI is InChI=1S/C14H18N4O2/c1-10(2)7-14(19)17-11-3-5-12(6-4-11)20-8-13-15-9-16-18-13/h3-6,9-10H,7-8H2,1-2H3,(H,17,19)(H,15,16,18). The van der Waals surface area contributed by atoms with Gasteiger partial charge in [0.05, 0.1) is 0 Å². The summed E-state index contributed by atoms with van der Waals surface area (Å²) in [5.74, 6) is 1.75. The van der Waals surface area contributed by atoms with Crippen molar-refractivity contribution >= 4 is 11.6 Å². The molecule has 0 bridgehead atoms. The van der Waals surface area contributed by atoms with Crippen LogP contribution in [0, 0.1) is 5.92 Å². The van der Waals surface area contributed by atoms with Crippen LogP contribution in [0.15, 0.2) is 30.6 Å². The minimum atomic E-state index is 0.0235. The number of benzene rings is 1. The third-order valence-electron chi connectivity index (χ3n) is 2.57. The van der Waals surface area contributed by atoms with Gasteiger partial charge in [-0.2, -0.15) is 5.10 Å². The molecule has 20 heavy (non-hydrogen) atoms. The lowest BCUT2D eigenvalue weighted by atomic mass is 10.1. The minimum Gasteiger partial charge on any atom is -0.486 e. The second-order valence-corrected chi connectivity index (χ2v) is 4.89. The van der Waals surface area contributed by atoms with Crippen molar-refractivity contribution in [3.63, 3.8) is 0 Å². The van der Waals surface area contributed by atoms with Crippen LogP contribution in [0.5, 0.6) is 5.75 Å². The van der Waals surface area contributed by atoms with E-state index < -0.39 is 0 Å². The Morgan fingerprint density at radius 2 is 2.10 bits per heavy atom. The van der Waals surface area contributed by atoms with E-state index in [-0.39, 0.29) is 5.91 Å². The molecule has 106 valence electrons. The fraction of sp³-hybridized carbons (Fsp3) is 0.357. The van der Waals surface area contributed by atoms with Gasteiger partial charge in [0.2, 0.25) is 5.91 Å². The first-order chi connectivity index (χ1) is 9.63. The highest BCUT2D eigenvalue weighted by Crippen LogP contribution is 2.17. The molecular weight excluding hydrogens is 256 g/mol. The molecule has 0 aliphatic carbocycles. The monoisotopic (exact) mass is 274 g/mol. The number of nitrogens with zero attached hydrogens (tertiary/aromatic N) is 2. The first-order valence-corrected chi connectivity index (χ1v) is 6.50. The molecule has 2 rings (SSSR count). The first kappa shape index (κ1) is 14.0. The zero-order valence-corrected chi connectivity index (χ0v) is 11.6. The van der Waals surface area contributed by atoms with Gasteiger partial charge in [0.15, 0.2) is 5.82 Å². The van der Waals surface area contributed by atoms with Crippen LogP contribution < -0.4 is 10.1 Å². The lowest BCUT2D eigenvalue weighted by Crippen LogP contribution is -2.13. The van der Waals surface area contributed by atoms with Crippen molar-refractivity contribution in [3.05, 3.63) is 36.4 Å². The summed E-state index contributed by atoms with van der Waals surface area (Å²) in [4.78, 5) is 15.6. The predicted molar refractivity (Wildman–Crippen MR) is 75.2 cm³/mol. The molecule has 0 aliphatic heterocycles. The van der Waals surface area contributed by atoms with Gasteiger partial charge >= 0.3 is 0 Å². The average molecular weight is 274 g/mol. The molecule has 0 unspecified atom stereocenters. The number of anilines is 1. The number of hydrogen-bond acceptors (Lipinski definition) is 4. The Bertz CT molecular complexity index is 535. The van der Waals surface area contributed by atoms with Crippen molar-refractivity contribution in [2.45, 2.75) is 26.9 Å². The van der Waals surface area contributed by atoms with E-state index in [2.05, 4.69) is 20.5 Å². The number of aromatic amines is 1. The predicted octanol–water partition coefficient (Wildman–Crippen LogP) is 2.37. The van der Waals surface area contributed by atoms with Crippen molar-refractivity contribution in [1.29, 1.82) is 0 Å². The summed E-state index contributed by atoms with van der Waals surface area (Å²) >= 11 is 0. The molecule has 0 aliphatic rings. The Labute approximate surface area is 117 Å². The third-order valence-corrected chi connectivity index (χ3v) is 2.57. The van der Waals surface area contributed by atoms with Gasteiger partial charge in [-0.15, -0.1) is 0 Å². The van der Waals surface area contributed by atoms with Crippen molar-refractivity contribution < 1.29 is 9.53 Å². The van der Waals surface area contributed by atoms with Crippen molar-refractivity contribution in [2.75, 3.05) is 5.32 Å². The summed E-state index contributed by atoms with van der Waals surface area (Å²) in [5.41, 5.74) is 0.766. The molecular formula is C14H18N4O2. The summed E-state index contributed by atoms with van der Waals surface area (Å²) in [6, 6.07) is 7.24. The van der Waals surface area contributed by atoms with Crippen molar-refractivity contribution in [3.8, 4) is 5.75 Å². The summed E-state index contributed by atoms with van der Waals surface area (Å²) in [6.45, 7) is 4.36. The zero-order chi connectivity index (χ0) is 14.4. The van der Waals surface area contributed by atoms with Gasteiger partial charge in [-0.05, 0) is 30.2 Å². The fourth-order valence-corrected chi connectivity index (χ4v) is 1.67. The molecule has 0 radical (unpaired) electrons. The molecule has 0 atom stereocenters. The van der Waals surface area contributed by atoms with Crippen molar-refractivity contribution in [2.24, 2.45) is 5.92 Å². The SMILES string of the molecule is CC(C)CC(=O)Nc1ccc(OCc2ncn[nH]2)cc1. The fourth-order valence-electron chi connectivity index (χ4n) is 1.67. The molecule has 1 aromatic heterocycles. The number of ether oxygens (including phenoxy) is 1. The van der Waals surface area contributed by atoms with Gasteiger partial charge in [0.1, 0.15) is 18.7 Å². The topological polar surface area (TPSA) is 79.9 Å². The minimum absolute atomic E-state index is 0.0235. The van der Waals surface area contributed by atoms with Gasteiger partial charge in [-0.1, -0.05) is 13.8 Å². The Balaban J connectivity index is 1.84. The quantitative estimate of drug-likeness (QED) is 0.847. The van der Waals surface area contributed by atoms with Gasteiger partial charge in [-0.3, -0.25) is 9.89 Å². The van der Waals surface area contributed by atoms with E-state index in [1.54, 1.807) is 12.1 Å². The summed E-state index contributed by atoms with van der Waals surface area (Å²) in [7, 11) is 0. The number of nitrogens with one attached hydrogen (secondary N) is 2. The Kier molecular flexibility index (Phi) is 4.70. The van der Waals surface area contributed by atoms with E-state index in [0.29, 0.717) is 30.5 Å². The van der Waals surface area contributed by atoms with E-state index in [1.807, 2.05) is 26.0 Å². The van der Waals surface area contributed by atoms with E-state index in [1.165, 1.54) is 6.33 Å².